The normalized spacial score (nSPS) is 19.8. The number of benzene rings is 3. The van der Waals surface area contributed by atoms with E-state index in [1.54, 1.807) is 19.2 Å². The lowest BCUT2D eigenvalue weighted by Crippen LogP contribution is -2.48. The van der Waals surface area contributed by atoms with Gasteiger partial charge >= 0.3 is 0 Å². The van der Waals surface area contributed by atoms with Crippen LogP contribution in [0.5, 0.6) is 5.75 Å². The van der Waals surface area contributed by atoms with Gasteiger partial charge in [-0.25, -0.2) is 10.9 Å². The van der Waals surface area contributed by atoms with Crippen LogP contribution in [0.15, 0.2) is 77.8 Å². The third-order valence-electron chi connectivity index (χ3n) is 6.83. The summed E-state index contributed by atoms with van der Waals surface area (Å²) in [5, 5.41) is 6.39. The summed E-state index contributed by atoms with van der Waals surface area (Å²) in [4.78, 5) is 32.7. The molecule has 0 aliphatic carbocycles. The molecule has 39 heavy (non-hydrogen) atoms. The number of rotatable bonds is 8. The Hall–Kier alpha value is -3.92. The molecule has 202 valence electrons. The minimum atomic E-state index is -0.412. The molecule has 9 nitrogen and oxygen atoms in total. The Morgan fingerprint density at radius 3 is 2.49 bits per heavy atom. The summed E-state index contributed by atoms with van der Waals surface area (Å²) in [6.07, 6.45) is -0.154. The van der Waals surface area contributed by atoms with Gasteiger partial charge in [0, 0.05) is 40.5 Å². The van der Waals surface area contributed by atoms with E-state index in [0.717, 1.165) is 22.5 Å². The third-order valence-corrected chi connectivity index (χ3v) is 7.09. The van der Waals surface area contributed by atoms with Gasteiger partial charge in [-0.05, 0) is 49.4 Å². The monoisotopic (exact) mass is 546 g/mol. The first kappa shape index (κ1) is 26.7. The van der Waals surface area contributed by atoms with Crippen molar-refractivity contribution in [1.29, 1.82) is 0 Å². The van der Waals surface area contributed by atoms with Crippen LogP contribution in [0, 0.1) is 0 Å². The highest BCUT2D eigenvalue weighted by Crippen LogP contribution is 2.36. The zero-order chi connectivity index (χ0) is 27.4. The number of halogens is 1. The molecule has 2 amide bonds. The Kier molecular flexibility index (Phi) is 8.11. The van der Waals surface area contributed by atoms with Crippen LogP contribution >= 0.6 is 11.6 Å². The molecule has 3 aromatic carbocycles. The number of methoxy groups -OCH3 is 1. The van der Waals surface area contributed by atoms with Crippen molar-refractivity contribution in [3.63, 3.8) is 0 Å². The zero-order valence-electron chi connectivity index (χ0n) is 21.8. The third kappa shape index (κ3) is 5.90. The summed E-state index contributed by atoms with van der Waals surface area (Å²) in [5.41, 5.74) is 10.7. The van der Waals surface area contributed by atoms with Crippen molar-refractivity contribution in [2.45, 2.75) is 31.7 Å². The molecule has 0 saturated carbocycles. The van der Waals surface area contributed by atoms with Crippen LogP contribution in [0.2, 0.25) is 5.02 Å². The van der Waals surface area contributed by atoms with E-state index >= 15 is 0 Å². The van der Waals surface area contributed by atoms with Gasteiger partial charge in [-0.1, -0.05) is 41.9 Å². The number of nitrogens with one attached hydrogen (secondary N) is 4. The Bertz CT molecular complexity index is 1370. The van der Waals surface area contributed by atoms with E-state index in [9.17, 15) is 9.59 Å². The molecule has 2 unspecified atom stereocenters. The van der Waals surface area contributed by atoms with E-state index in [1.165, 1.54) is 0 Å². The Balaban J connectivity index is 1.36. The maximum atomic E-state index is 13.1. The number of hydrazine groups is 1. The fourth-order valence-electron chi connectivity index (χ4n) is 4.92. The molecule has 4 N–H and O–H groups in total. The van der Waals surface area contributed by atoms with Gasteiger partial charge in [0.05, 0.1) is 31.4 Å². The largest absolute Gasteiger partial charge is 0.497 e. The van der Waals surface area contributed by atoms with Crippen molar-refractivity contribution < 1.29 is 14.3 Å². The van der Waals surface area contributed by atoms with E-state index in [1.807, 2.05) is 60.7 Å². The number of aliphatic imine (C=N–C) groups is 1. The van der Waals surface area contributed by atoms with E-state index < -0.39 is 6.04 Å². The van der Waals surface area contributed by atoms with Gasteiger partial charge in [0.2, 0.25) is 5.91 Å². The maximum Gasteiger partial charge on any atom is 0.251 e. The maximum absolute atomic E-state index is 13.1. The highest BCUT2D eigenvalue weighted by Gasteiger charge is 2.40. The molecule has 0 radical (unpaired) electrons. The van der Waals surface area contributed by atoms with Crippen molar-refractivity contribution in [3.8, 4) is 5.75 Å². The minimum absolute atomic E-state index is 0.0410. The molecule has 3 atom stereocenters. The second kappa shape index (κ2) is 11.9. The number of ether oxygens (including phenoxy) is 1. The molecular weight excluding hydrogens is 516 g/mol. The molecule has 1 saturated heterocycles. The predicted molar refractivity (Wildman–Crippen MR) is 152 cm³/mol. The first-order chi connectivity index (χ1) is 18.9. The van der Waals surface area contributed by atoms with Crippen molar-refractivity contribution in [1.82, 2.24) is 21.5 Å². The number of fused-ring (bicyclic) bond motifs is 3. The lowest BCUT2D eigenvalue weighted by atomic mass is 9.99. The Morgan fingerprint density at radius 1 is 1.00 bits per heavy atom. The Morgan fingerprint density at radius 2 is 1.74 bits per heavy atom. The van der Waals surface area contributed by atoms with Gasteiger partial charge in [-0.2, -0.15) is 0 Å². The molecule has 2 aliphatic heterocycles. The van der Waals surface area contributed by atoms with Crippen LogP contribution in [0.1, 0.15) is 34.8 Å². The molecule has 0 aromatic heterocycles. The van der Waals surface area contributed by atoms with Gasteiger partial charge in [0.1, 0.15) is 11.9 Å². The lowest BCUT2D eigenvalue weighted by Gasteiger charge is -2.31. The molecule has 0 spiro atoms. The molecule has 3 aromatic rings. The molecule has 0 bridgehead atoms. The Labute approximate surface area is 232 Å². The summed E-state index contributed by atoms with van der Waals surface area (Å²) >= 11 is 6.17. The van der Waals surface area contributed by atoms with Crippen molar-refractivity contribution in [2.75, 3.05) is 25.1 Å². The second-order valence-electron chi connectivity index (χ2n) is 9.43. The number of hydrogen-bond acceptors (Lipinski definition) is 7. The molecule has 2 heterocycles. The van der Waals surface area contributed by atoms with Gasteiger partial charge in [0.25, 0.3) is 5.91 Å². The van der Waals surface area contributed by atoms with E-state index in [0.29, 0.717) is 29.4 Å². The SMILES string of the molecule is COc1ccc2c(c1)C(c1ccc(Cl)cc1)=N[C@@H](CC(=O)NCCNC(=O)c1ccccc1)C1NNC(C)N21. The first-order valence-electron chi connectivity index (χ1n) is 12.9. The highest BCUT2D eigenvalue weighted by molar-refractivity contribution is 6.30. The van der Waals surface area contributed by atoms with Crippen LogP contribution in [0.4, 0.5) is 5.69 Å². The van der Waals surface area contributed by atoms with Crippen molar-refractivity contribution >= 4 is 34.8 Å². The number of carbonyl (C=O) groups is 2. The van der Waals surface area contributed by atoms with Gasteiger partial charge in [-0.15, -0.1) is 0 Å². The predicted octanol–water partition coefficient (Wildman–Crippen LogP) is 3.09. The zero-order valence-corrected chi connectivity index (χ0v) is 22.5. The standard InChI is InChI=1S/C29H31ClN6O3/c1-18-34-35-28-24(17-26(37)31-14-15-32-29(38)20-6-4-3-5-7-20)33-27(19-8-10-21(30)11-9-19)23-16-22(39-2)12-13-25(23)36(18)28/h3-13,16,18,24,28,34-35H,14-15,17H2,1-2H3,(H,31,37)(H,32,38)/t18?,24-,28?/m0/s1. The summed E-state index contributed by atoms with van der Waals surface area (Å²) in [7, 11) is 1.64. The lowest BCUT2D eigenvalue weighted by molar-refractivity contribution is -0.121. The van der Waals surface area contributed by atoms with Crippen molar-refractivity contribution in [2.24, 2.45) is 4.99 Å². The number of anilines is 1. The van der Waals surface area contributed by atoms with Gasteiger partial charge in [-0.3, -0.25) is 14.6 Å². The molecular formula is C29H31ClN6O3. The van der Waals surface area contributed by atoms with E-state index in [-0.39, 0.29) is 30.6 Å². The van der Waals surface area contributed by atoms with Crippen LogP contribution in [-0.2, 0) is 4.79 Å². The quantitative estimate of drug-likeness (QED) is 0.324. The molecule has 5 rings (SSSR count). The van der Waals surface area contributed by atoms with E-state index in [2.05, 4.69) is 33.3 Å². The van der Waals surface area contributed by atoms with E-state index in [4.69, 9.17) is 21.3 Å². The first-order valence-corrected chi connectivity index (χ1v) is 13.2. The van der Waals surface area contributed by atoms with Gasteiger partial charge in [0.15, 0.2) is 0 Å². The number of nitrogens with zero attached hydrogens (tertiary/aromatic N) is 2. The van der Waals surface area contributed by atoms with Crippen LogP contribution in [0.25, 0.3) is 0 Å². The minimum Gasteiger partial charge on any atom is -0.497 e. The summed E-state index contributed by atoms with van der Waals surface area (Å²) in [6.45, 7) is 2.69. The van der Waals surface area contributed by atoms with Gasteiger partial charge < -0.3 is 20.3 Å². The molecule has 2 aliphatic rings. The summed E-state index contributed by atoms with van der Waals surface area (Å²) < 4.78 is 5.53. The average molecular weight is 547 g/mol. The smallest absolute Gasteiger partial charge is 0.251 e. The second-order valence-corrected chi connectivity index (χ2v) is 9.86. The average Bonchev–Trinajstić information content (AvgIpc) is 3.28. The number of amides is 2. The number of carbonyl (C=O) groups excluding carboxylic acids is 2. The topological polar surface area (TPSA) is 107 Å². The molecule has 10 heteroatoms. The fraction of sp³-hybridized carbons (Fsp3) is 0.276. The highest BCUT2D eigenvalue weighted by atomic mass is 35.5. The fourth-order valence-corrected chi connectivity index (χ4v) is 5.04. The summed E-state index contributed by atoms with van der Waals surface area (Å²) in [6, 6.07) is 22.0. The van der Waals surface area contributed by atoms with Crippen LogP contribution in [0.3, 0.4) is 0 Å². The van der Waals surface area contributed by atoms with Crippen LogP contribution < -0.4 is 31.1 Å². The molecule has 1 fully saturated rings. The number of hydrogen-bond donors (Lipinski definition) is 4. The van der Waals surface area contributed by atoms with Crippen molar-refractivity contribution in [3.05, 3.63) is 94.5 Å². The summed E-state index contributed by atoms with van der Waals surface area (Å²) in [5.74, 6) is 0.386. The van der Waals surface area contributed by atoms with Crippen LogP contribution in [-0.4, -0.2) is 56.1 Å².